The standard InChI is InChI=1S/C28H40O6/c1-8-15(2)23(31)16(3)17-13-19(29)18-14-20-27(6)11-9-21(30)26(4,5)33-22(27)10-12-28(20,7)34-25(18)24(17)32/h13,15-16,20-22,30H,8-12,14H2,1-7H3/t15-,16+,20-,21+,22-,27-,28+/m1/s1. The summed E-state index contributed by atoms with van der Waals surface area (Å²) in [7, 11) is 0. The van der Waals surface area contributed by atoms with Gasteiger partial charge in [0.1, 0.15) is 11.4 Å². The zero-order valence-corrected chi connectivity index (χ0v) is 21.7. The van der Waals surface area contributed by atoms with Gasteiger partial charge in [0, 0.05) is 34.3 Å². The number of aliphatic hydroxyl groups is 1. The number of hydrogen-bond donors (Lipinski definition) is 1. The first-order chi connectivity index (χ1) is 15.7. The van der Waals surface area contributed by atoms with Crippen molar-refractivity contribution < 1.29 is 29.0 Å². The van der Waals surface area contributed by atoms with E-state index in [0.29, 0.717) is 31.3 Å². The van der Waals surface area contributed by atoms with Gasteiger partial charge in [-0.15, -0.1) is 0 Å². The van der Waals surface area contributed by atoms with Crippen LogP contribution in [0.25, 0.3) is 0 Å². The monoisotopic (exact) mass is 472 g/mol. The number of Topliss-reactive ketones (excluding diaryl/α,β-unsaturated/α-hetero) is 2. The molecule has 2 aliphatic heterocycles. The molecule has 2 fully saturated rings. The van der Waals surface area contributed by atoms with E-state index in [1.807, 2.05) is 34.6 Å². The molecule has 2 heterocycles. The van der Waals surface area contributed by atoms with Crippen molar-refractivity contribution in [1.82, 2.24) is 0 Å². The van der Waals surface area contributed by atoms with E-state index < -0.39 is 23.2 Å². The number of allylic oxidation sites excluding steroid dienone is 3. The summed E-state index contributed by atoms with van der Waals surface area (Å²) >= 11 is 0. The second-order valence-corrected chi connectivity index (χ2v) is 12.0. The van der Waals surface area contributed by atoms with Crippen LogP contribution in [0, 0.1) is 23.2 Å². The average molecular weight is 473 g/mol. The van der Waals surface area contributed by atoms with E-state index >= 15 is 0 Å². The Morgan fingerprint density at radius 3 is 2.47 bits per heavy atom. The Morgan fingerprint density at radius 2 is 1.82 bits per heavy atom. The number of hydrogen-bond acceptors (Lipinski definition) is 6. The van der Waals surface area contributed by atoms with Crippen molar-refractivity contribution in [3.63, 3.8) is 0 Å². The predicted octanol–water partition coefficient (Wildman–Crippen LogP) is 4.48. The van der Waals surface area contributed by atoms with Crippen molar-refractivity contribution >= 4 is 17.3 Å². The highest BCUT2D eigenvalue weighted by molar-refractivity contribution is 6.23. The Balaban J connectivity index is 1.67. The quantitative estimate of drug-likeness (QED) is 0.607. The minimum absolute atomic E-state index is 0.0236. The van der Waals surface area contributed by atoms with Crippen LogP contribution in [0.2, 0.25) is 0 Å². The molecular formula is C28H40O6. The van der Waals surface area contributed by atoms with Crippen LogP contribution in [-0.2, 0) is 23.9 Å². The number of fused-ring (bicyclic) bond motifs is 3. The van der Waals surface area contributed by atoms with E-state index in [0.717, 1.165) is 12.8 Å². The molecule has 1 N–H and O–H groups in total. The zero-order chi connectivity index (χ0) is 25.2. The third kappa shape index (κ3) is 3.81. The molecule has 0 aromatic heterocycles. The Kier molecular flexibility index (Phi) is 6.26. The SMILES string of the molecule is CC[C@@H](C)C(=O)[C@@H](C)C1=CC(=O)C2=C(O[C@@]3(C)CC[C@H]4OC(C)(C)[C@@H](O)CC[C@]4(C)[C@H]3C2)C1=O. The molecule has 6 heteroatoms. The Morgan fingerprint density at radius 1 is 1.15 bits per heavy atom. The van der Waals surface area contributed by atoms with Gasteiger partial charge in [0.15, 0.2) is 11.5 Å². The molecule has 2 aliphatic carbocycles. The molecule has 0 aromatic rings. The van der Waals surface area contributed by atoms with Gasteiger partial charge in [0.25, 0.3) is 0 Å². The van der Waals surface area contributed by atoms with E-state index in [-0.39, 0.29) is 52.0 Å². The van der Waals surface area contributed by atoms with Crippen molar-refractivity contribution in [3.8, 4) is 0 Å². The van der Waals surface area contributed by atoms with Gasteiger partial charge in [0.2, 0.25) is 5.78 Å². The summed E-state index contributed by atoms with van der Waals surface area (Å²) < 4.78 is 13.0. The zero-order valence-electron chi connectivity index (χ0n) is 21.7. The summed E-state index contributed by atoms with van der Waals surface area (Å²) in [4.78, 5) is 39.6. The van der Waals surface area contributed by atoms with Crippen molar-refractivity contribution in [2.45, 2.75) is 110 Å². The molecule has 4 aliphatic rings. The van der Waals surface area contributed by atoms with Gasteiger partial charge in [-0.3, -0.25) is 14.4 Å². The first kappa shape index (κ1) is 25.3. The Labute approximate surface area is 203 Å². The second kappa shape index (κ2) is 8.41. The fraction of sp³-hybridized carbons (Fsp3) is 0.750. The summed E-state index contributed by atoms with van der Waals surface area (Å²) in [6.07, 6.45) is 4.72. The summed E-state index contributed by atoms with van der Waals surface area (Å²) in [6.45, 7) is 13.6. The number of carbonyl (C=O) groups excluding carboxylic acids is 3. The number of aliphatic hydroxyl groups excluding tert-OH is 1. The van der Waals surface area contributed by atoms with E-state index in [2.05, 4.69) is 6.92 Å². The van der Waals surface area contributed by atoms with Crippen molar-refractivity contribution in [3.05, 3.63) is 23.0 Å². The normalized spacial score (nSPS) is 39.1. The fourth-order valence-corrected chi connectivity index (χ4v) is 6.70. The van der Waals surface area contributed by atoms with E-state index in [9.17, 15) is 19.5 Å². The number of ether oxygens (including phenoxy) is 2. The lowest BCUT2D eigenvalue weighted by Crippen LogP contribution is -2.59. The van der Waals surface area contributed by atoms with Crippen LogP contribution in [0.1, 0.15) is 87.0 Å². The maximum absolute atomic E-state index is 13.5. The molecule has 1 saturated heterocycles. The summed E-state index contributed by atoms with van der Waals surface area (Å²) in [5.74, 6) is -1.26. The van der Waals surface area contributed by atoms with Gasteiger partial charge in [-0.1, -0.05) is 27.7 Å². The molecule has 188 valence electrons. The van der Waals surface area contributed by atoms with Gasteiger partial charge in [-0.2, -0.15) is 0 Å². The first-order valence-electron chi connectivity index (χ1n) is 12.9. The minimum Gasteiger partial charge on any atom is -0.483 e. The summed E-state index contributed by atoms with van der Waals surface area (Å²) in [5, 5.41) is 10.7. The minimum atomic E-state index is -0.637. The fourth-order valence-electron chi connectivity index (χ4n) is 6.70. The molecular weight excluding hydrogens is 432 g/mol. The highest BCUT2D eigenvalue weighted by Crippen LogP contribution is 2.59. The average Bonchev–Trinajstić information content (AvgIpc) is 2.88. The lowest BCUT2D eigenvalue weighted by molar-refractivity contribution is -0.213. The third-order valence-corrected chi connectivity index (χ3v) is 9.44. The summed E-state index contributed by atoms with van der Waals surface area (Å²) in [6, 6.07) is 0. The predicted molar refractivity (Wildman–Crippen MR) is 128 cm³/mol. The molecule has 7 atom stereocenters. The molecule has 1 saturated carbocycles. The van der Waals surface area contributed by atoms with Crippen molar-refractivity contribution in [2.24, 2.45) is 23.2 Å². The van der Waals surface area contributed by atoms with Gasteiger partial charge >= 0.3 is 0 Å². The van der Waals surface area contributed by atoms with Crippen LogP contribution < -0.4 is 0 Å². The molecule has 0 bridgehead atoms. The van der Waals surface area contributed by atoms with Gasteiger partial charge in [-0.25, -0.2) is 0 Å². The maximum atomic E-state index is 13.5. The largest absolute Gasteiger partial charge is 0.483 e. The van der Waals surface area contributed by atoms with Crippen LogP contribution in [0.4, 0.5) is 0 Å². The number of carbonyl (C=O) groups is 3. The van der Waals surface area contributed by atoms with Crippen molar-refractivity contribution in [2.75, 3.05) is 0 Å². The molecule has 6 nitrogen and oxygen atoms in total. The summed E-state index contributed by atoms with van der Waals surface area (Å²) in [5.41, 5.74) is -0.880. The molecule has 0 unspecified atom stereocenters. The number of rotatable bonds is 4. The first-order valence-corrected chi connectivity index (χ1v) is 12.9. The molecule has 0 aromatic carbocycles. The third-order valence-electron chi connectivity index (χ3n) is 9.44. The Hall–Kier alpha value is -1.79. The Bertz CT molecular complexity index is 973. The van der Waals surface area contributed by atoms with E-state index in [1.54, 1.807) is 6.92 Å². The van der Waals surface area contributed by atoms with Gasteiger partial charge < -0.3 is 14.6 Å². The maximum Gasteiger partial charge on any atom is 0.224 e. The van der Waals surface area contributed by atoms with Crippen LogP contribution in [0.3, 0.4) is 0 Å². The van der Waals surface area contributed by atoms with Crippen LogP contribution >= 0.6 is 0 Å². The highest BCUT2D eigenvalue weighted by Gasteiger charge is 2.61. The van der Waals surface area contributed by atoms with Crippen LogP contribution in [0.5, 0.6) is 0 Å². The molecule has 0 spiro atoms. The smallest absolute Gasteiger partial charge is 0.224 e. The van der Waals surface area contributed by atoms with Crippen LogP contribution in [-0.4, -0.2) is 45.9 Å². The molecule has 0 amide bonds. The molecule has 34 heavy (non-hydrogen) atoms. The second-order valence-electron chi connectivity index (χ2n) is 12.0. The highest BCUT2D eigenvalue weighted by atomic mass is 16.5. The number of ketones is 3. The van der Waals surface area contributed by atoms with E-state index in [4.69, 9.17) is 9.47 Å². The van der Waals surface area contributed by atoms with Gasteiger partial charge in [0.05, 0.1) is 17.8 Å². The van der Waals surface area contributed by atoms with Gasteiger partial charge in [-0.05, 0) is 65.4 Å². The molecule has 0 radical (unpaired) electrons. The van der Waals surface area contributed by atoms with Crippen molar-refractivity contribution in [1.29, 1.82) is 0 Å². The lowest BCUT2D eigenvalue weighted by Gasteiger charge is -2.57. The molecule has 4 rings (SSSR count). The topological polar surface area (TPSA) is 89.9 Å². The lowest BCUT2D eigenvalue weighted by atomic mass is 9.55. The van der Waals surface area contributed by atoms with Crippen LogP contribution in [0.15, 0.2) is 23.0 Å². The van der Waals surface area contributed by atoms with E-state index in [1.165, 1.54) is 6.08 Å².